The number of carbonyl (C=O) groups excluding carboxylic acids is 3. The van der Waals surface area contributed by atoms with Crippen LogP contribution < -0.4 is 16.2 Å². The molecule has 0 radical (unpaired) electrons. The van der Waals surface area contributed by atoms with Crippen LogP contribution in [-0.4, -0.2) is 27.3 Å². The highest BCUT2D eigenvalue weighted by atomic mass is 16.2. The molecule has 0 aliphatic carbocycles. The van der Waals surface area contributed by atoms with Crippen LogP contribution in [-0.2, 0) is 27.3 Å². The molecule has 3 aromatic rings. The minimum absolute atomic E-state index is 0.159. The average molecular weight is 418 g/mol. The largest absolute Gasteiger partial charge is 0.352 e. The number of hydrogen-bond donors (Lipinski definition) is 2. The van der Waals surface area contributed by atoms with Gasteiger partial charge in [-0.05, 0) is 30.5 Å². The van der Waals surface area contributed by atoms with Crippen molar-refractivity contribution in [1.82, 2.24) is 20.2 Å². The Kier molecular flexibility index (Phi) is 5.62. The molecule has 1 aliphatic heterocycles. The van der Waals surface area contributed by atoms with Gasteiger partial charge in [-0.1, -0.05) is 42.5 Å². The molecule has 0 saturated carbocycles. The Morgan fingerprint density at radius 3 is 2.65 bits per heavy atom. The second-order valence-corrected chi connectivity index (χ2v) is 7.55. The van der Waals surface area contributed by atoms with Crippen molar-refractivity contribution in [3.8, 4) is 0 Å². The summed E-state index contributed by atoms with van der Waals surface area (Å²) in [6.07, 6.45) is 0.648. The number of benzene rings is 2. The van der Waals surface area contributed by atoms with Crippen LogP contribution in [0.2, 0.25) is 0 Å². The molecule has 1 saturated heterocycles. The predicted octanol–water partition coefficient (Wildman–Crippen LogP) is 1.54. The fraction of sp³-hybridized carbons (Fsp3) is 0.261. The zero-order chi connectivity index (χ0) is 22.0. The highest BCUT2D eigenvalue weighted by Crippen LogP contribution is 2.21. The SMILES string of the molecule is Cc1nc2cccc(CNC(=O)Cc3ccccc3)c2c(=O)n1C1CCC(=O)NC1=O. The number of imide groups is 1. The number of carbonyl (C=O) groups is 3. The second-order valence-electron chi connectivity index (χ2n) is 7.55. The molecule has 2 N–H and O–H groups in total. The second kappa shape index (κ2) is 8.51. The first-order valence-electron chi connectivity index (χ1n) is 10.1. The zero-order valence-corrected chi connectivity index (χ0v) is 17.1. The van der Waals surface area contributed by atoms with E-state index in [-0.39, 0.29) is 43.2 Å². The van der Waals surface area contributed by atoms with Gasteiger partial charge in [0.2, 0.25) is 17.7 Å². The Labute approximate surface area is 178 Å². The summed E-state index contributed by atoms with van der Waals surface area (Å²) in [5.74, 6) is -0.607. The van der Waals surface area contributed by atoms with Gasteiger partial charge in [-0.25, -0.2) is 4.98 Å². The molecule has 1 unspecified atom stereocenters. The summed E-state index contributed by atoms with van der Waals surface area (Å²) in [6, 6.07) is 13.9. The molecule has 1 aromatic heterocycles. The Morgan fingerprint density at radius 1 is 1.13 bits per heavy atom. The van der Waals surface area contributed by atoms with E-state index in [2.05, 4.69) is 15.6 Å². The van der Waals surface area contributed by atoms with Crippen LogP contribution in [0.1, 0.15) is 35.8 Å². The molecular formula is C23H22N4O4. The fourth-order valence-electron chi connectivity index (χ4n) is 3.90. The van der Waals surface area contributed by atoms with Crippen LogP contribution in [0.4, 0.5) is 0 Å². The Bertz CT molecular complexity index is 1230. The Hall–Kier alpha value is -3.81. The summed E-state index contributed by atoms with van der Waals surface area (Å²) in [5.41, 5.74) is 1.67. The molecule has 1 atom stereocenters. The van der Waals surface area contributed by atoms with Crippen molar-refractivity contribution in [2.24, 2.45) is 0 Å². The molecule has 3 amide bonds. The molecular weight excluding hydrogens is 396 g/mol. The van der Waals surface area contributed by atoms with Gasteiger partial charge in [-0.3, -0.25) is 29.1 Å². The van der Waals surface area contributed by atoms with Gasteiger partial charge < -0.3 is 5.32 Å². The number of fused-ring (bicyclic) bond motifs is 1. The molecule has 158 valence electrons. The van der Waals surface area contributed by atoms with Crippen molar-refractivity contribution in [1.29, 1.82) is 0 Å². The topological polar surface area (TPSA) is 110 Å². The van der Waals surface area contributed by atoms with Crippen LogP contribution >= 0.6 is 0 Å². The predicted molar refractivity (Wildman–Crippen MR) is 114 cm³/mol. The first-order chi connectivity index (χ1) is 14.9. The monoisotopic (exact) mass is 418 g/mol. The van der Waals surface area contributed by atoms with Gasteiger partial charge in [-0.2, -0.15) is 0 Å². The Morgan fingerprint density at radius 2 is 1.90 bits per heavy atom. The van der Waals surface area contributed by atoms with Crippen molar-refractivity contribution in [3.63, 3.8) is 0 Å². The number of amides is 3. The molecule has 1 aliphatic rings. The average Bonchev–Trinajstić information content (AvgIpc) is 2.74. The molecule has 8 nitrogen and oxygen atoms in total. The van der Waals surface area contributed by atoms with E-state index in [4.69, 9.17) is 0 Å². The third-order valence-corrected chi connectivity index (χ3v) is 5.40. The van der Waals surface area contributed by atoms with E-state index in [0.717, 1.165) is 5.56 Å². The summed E-state index contributed by atoms with van der Waals surface area (Å²) in [5, 5.41) is 5.50. The first-order valence-corrected chi connectivity index (χ1v) is 10.1. The van der Waals surface area contributed by atoms with Crippen LogP contribution in [0.15, 0.2) is 53.3 Å². The molecule has 8 heteroatoms. The van der Waals surface area contributed by atoms with Crippen LogP contribution in [0.3, 0.4) is 0 Å². The van der Waals surface area contributed by atoms with E-state index >= 15 is 0 Å². The smallest absolute Gasteiger partial charge is 0.262 e. The van der Waals surface area contributed by atoms with E-state index in [1.807, 2.05) is 30.3 Å². The van der Waals surface area contributed by atoms with Gasteiger partial charge in [0.1, 0.15) is 11.9 Å². The zero-order valence-electron chi connectivity index (χ0n) is 17.1. The lowest BCUT2D eigenvalue weighted by Crippen LogP contribution is -2.45. The number of nitrogens with one attached hydrogen (secondary N) is 2. The number of nitrogens with zero attached hydrogens (tertiary/aromatic N) is 2. The van der Waals surface area contributed by atoms with E-state index in [1.54, 1.807) is 25.1 Å². The van der Waals surface area contributed by atoms with E-state index in [0.29, 0.717) is 22.3 Å². The standard InChI is InChI=1S/C23H22N4O4/c1-14-25-17-9-5-8-16(13-24-20(29)12-15-6-3-2-4-7-15)21(17)23(31)27(14)18-10-11-19(28)26-22(18)30/h2-9,18H,10-13H2,1H3,(H,24,29)(H,26,28,30). The lowest BCUT2D eigenvalue weighted by atomic mass is 10.0. The van der Waals surface area contributed by atoms with Gasteiger partial charge in [0, 0.05) is 13.0 Å². The minimum atomic E-state index is -0.789. The maximum Gasteiger partial charge on any atom is 0.262 e. The first kappa shape index (κ1) is 20.5. The number of aromatic nitrogens is 2. The molecule has 4 rings (SSSR count). The van der Waals surface area contributed by atoms with Crippen molar-refractivity contribution in [3.05, 3.63) is 75.8 Å². The third-order valence-electron chi connectivity index (χ3n) is 5.40. The van der Waals surface area contributed by atoms with Crippen LogP contribution in [0.25, 0.3) is 10.9 Å². The van der Waals surface area contributed by atoms with Crippen molar-refractivity contribution in [2.45, 2.75) is 38.8 Å². The van der Waals surface area contributed by atoms with E-state index < -0.39 is 11.9 Å². The molecule has 0 spiro atoms. The fourth-order valence-corrected chi connectivity index (χ4v) is 3.90. The molecule has 31 heavy (non-hydrogen) atoms. The number of piperidine rings is 1. The van der Waals surface area contributed by atoms with Gasteiger partial charge in [0.25, 0.3) is 5.56 Å². The maximum absolute atomic E-state index is 13.4. The molecule has 1 fully saturated rings. The summed E-state index contributed by atoms with van der Waals surface area (Å²) in [6.45, 7) is 1.83. The maximum atomic E-state index is 13.4. The molecule has 2 heterocycles. The number of hydrogen-bond acceptors (Lipinski definition) is 5. The van der Waals surface area contributed by atoms with Crippen LogP contribution in [0, 0.1) is 6.92 Å². The van der Waals surface area contributed by atoms with E-state index in [1.165, 1.54) is 4.57 Å². The highest BCUT2D eigenvalue weighted by Gasteiger charge is 2.30. The number of aryl methyl sites for hydroxylation is 1. The van der Waals surface area contributed by atoms with Crippen LogP contribution in [0.5, 0.6) is 0 Å². The van der Waals surface area contributed by atoms with E-state index in [9.17, 15) is 19.2 Å². The van der Waals surface area contributed by atoms with Crippen molar-refractivity contribution < 1.29 is 14.4 Å². The summed E-state index contributed by atoms with van der Waals surface area (Å²) in [7, 11) is 0. The van der Waals surface area contributed by atoms with Gasteiger partial charge >= 0.3 is 0 Å². The normalized spacial score (nSPS) is 16.2. The molecule has 0 bridgehead atoms. The summed E-state index contributed by atoms with van der Waals surface area (Å²) < 4.78 is 1.35. The lowest BCUT2D eigenvalue weighted by Gasteiger charge is -2.24. The number of rotatable bonds is 5. The summed E-state index contributed by atoms with van der Waals surface area (Å²) >= 11 is 0. The third kappa shape index (κ3) is 4.23. The Balaban J connectivity index is 1.64. The van der Waals surface area contributed by atoms with Gasteiger partial charge in [-0.15, -0.1) is 0 Å². The highest BCUT2D eigenvalue weighted by molar-refractivity contribution is 5.99. The van der Waals surface area contributed by atoms with Crippen molar-refractivity contribution >= 4 is 28.6 Å². The van der Waals surface area contributed by atoms with Gasteiger partial charge in [0.15, 0.2) is 0 Å². The quantitative estimate of drug-likeness (QED) is 0.611. The minimum Gasteiger partial charge on any atom is -0.352 e. The molecule has 2 aromatic carbocycles. The lowest BCUT2D eigenvalue weighted by molar-refractivity contribution is -0.135. The van der Waals surface area contributed by atoms with Crippen molar-refractivity contribution in [2.75, 3.05) is 0 Å². The summed E-state index contributed by atoms with van der Waals surface area (Å²) in [4.78, 5) is 54.1. The van der Waals surface area contributed by atoms with Gasteiger partial charge in [0.05, 0.1) is 17.3 Å².